The lowest BCUT2D eigenvalue weighted by Gasteiger charge is -2.36. The quantitative estimate of drug-likeness (QED) is 0.791. The van der Waals surface area contributed by atoms with E-state index in [0.717, 1.165) is 37.6 Å². The van der Waals surface area contributed by atoms with E-state index >= 15 is 0 Å². The third kappa shape index (κ3) is 4.32. The van der Waals surface area contributed by atoms with E-state index in [-0.39, 0.29) is 5.75 Å². The number of ether oxygens (including phenoxy) is 1. The van der Waals surface area contributed by atoms with Gasteiger partial charge >= 0.3 is 0 Å². The number of para-hydroxylation sites is 2. The molecule has 0 atom stereocenters. The fraction of sp³-hybridized carbons (Fsp3) is 0.368. The van der Waals surface area contributed by atoms with Crippen LogP contribution in [0.25, 0.3) is 0 Å². The predicted octanol–water partition coefficient (Wildman–Crippen LogP) is 2.29. The van der Waals surface area contributed by atoms with Gasteiger partial charge < -0.3 is 9.64 Å². The largest absolute Gasteiger partial charge is 0.495 e. The molecule has 1 fully saturated rings. The molecule has 0 bridgehead atoms. The van der Waals surface area contributed by atoms with Gasteiger partial charge in [-0.3, -0.25) is 4.90 Å². The summed E-state index contributed by atoms with van der Waals surface area (Å²) in [6.07, 6.45) is 0. The highest BCUT2D eigenvalue weighted by Gasteiger charge is 2.21. The lowest BCUT2D eigenvalue weighted by Crippen LogP contribution is -2.47. The molecular weight excluding hydrogens is 336 g/mol. The zero-order chi connectivity index (χ0) is 17.7. The Balaban J connectivity index is 1.55. The normalized spacial score (nSPS) is 16.0. The van der Waals surface area contributed by atoms with E-state index in [1.807, 2.05) is 24.3 Å². The van der Waals surface area contributed by atoms with Crippen molar-refractivity contribution in [3.8, 4) is 5.75 Å². The topological polar surface area (TPSA) is 49.9 Å². The molecule has 1 saturated heterocycles. The average molecular weight is 360 g/mol. The molecule has 134 valence electrons. The van der Waals surface area contributed by atoms with Crippen LogP contribution >= 0.6 is 0 Å². The Morgan fingerprint density at radius 3 is 2.24 bits per heavy atom. The Morgan fingerprint density at radius 1 is 0.920 bits per heavy atom. The third-order valence-corrected chi connectivity index (χ3v) is 6.29. The van der Waals surface area contributed by atoms with Gasteiger partial charge in [0.05, 0.1) is 23.4 Å². The van der Waals surface area contributed by atoms with Crippen molar-refractivity contribution in [3.05, 3.63) is 54.6 Å². The summed E-state index contributed by atoms with van der Waals surface area (Å²) in [7, 11) is -1.53. The summed E-state index contributed by atoms with van der Waals surface area (Å²) in [4.78, 5) is 4.91. The van der Waals surface area contributed by atoms with E-state index in [4.69, 9.17) is 4.74 Å². The maximum atomic E-state index is 12.4. The number of hydrogen-bond acceptors (Lipinski definition) is 5. The molecule has 0 radical (unpaired) electrons. The molecule has 0 saturated carbocycles. The van der Waals surface area contributed by atoms with Crippen LogP contribution in [0.4, 0.5) is 5.69 Å². The standard InChI is InChI=1S/C19H24N2O3S/c1-24-19-10-6-5-9-18(19)21-13-11-20(12-14-21)15-16-25(22,23)17-7-3-2-4-8-17/h2-10H,11-16H2,1H3. The zero-order valence-electron chi connectivity index (χ0n) is 14.5. The number of methoxy groups -OCH3 is 1. The number of piperazine rings is 1. The van der Waals surface area contributed by atoms with Gasteiger partial charge in [0.25, 0.3) is 0 Å². The Kier molecular flexibility index (Phi) is 5.60. The Hall–Kier alpha value is -2.05. The number of anilines is 1. The van der Waals surface area contributed by atoms with Crippen LogP contribution in [0.3, 0.4) is 0 Å². The van der Waals surface area contributed by atoms with Gasteiger partial charge in [0.2, 0.25) is 0 Å². The molecule has 25 heavy (non-hydrogen) atoms. The first kappa shape index (κ1) is 17.8. The van der Waals surface area contributed by atoms with Crippen molar-refractivity contribution in [1.82, 2.24) is 4.90 Å². The highest BCUT2D eigenvalue weighted by Crippen LogP contribution is 2.28. The molecule has 6 heteroatoms. The molecule has 0 N–H and O–H groups in total. The van der Waals surface area contributed by atoms with Crippen LogP contribution < -0.4 is 9.64 Å². The summed E-state index contributed by atoms with van der Waals surface area (Å²) in [6.45, 7) is 4.00. The second-order valence-electron chi connectivity index (χ2n) is 6.13. The summed E-state index contributed by atoms with van der Waals surface area (Å²) in [5.41, 5.74) is 1.10. The summed E-state index contributed by atoms with van der Waals surface area (Å²) in [5.74, 6) is 1.04. The summed E-state index contributed by atoms with van der Waals surface area (Å²) >= 11 is 0. The minimum absolute atomic E-state index is 0.158. The first-order valence-corrected chi connectivity index (χ1v) is 10.1. The van der Waals surface area contributed by atoms with Crippen LogP contribution in [0.15, 0.2) is 59.5 Å². The minimum atomic E-state index is -3.21. The molecule has 0 unspecified atom stereocenters. The fourth-order valence-electron chi connectivity index (χ4n) is 3.10. The predicted molar refractivity (Wildman–Crippen MR) is 100 cm³/mol. The maximum Gasteiger partial charge on any atom is 0.179 e. The van der Waals surface area contributed by atoms with Gasteiger partial charge in [-0.15, -0.1) is 0 Å². The van der Waals surface area contributed by atoms with Crippen molar-refractivity contribution in [1.29, 1.82) is 0 Å². The first-order chi connectivity index (χ1) is 12.1. The number of hydrogen-bond donors (Lipinski definition) is 0. The summed E-state index contributed by atoms with van der Waals surface area (Å²) in [6, 6.07) is 16.7. The number of sulfone groups is 1. The average Bonchev–Trinajstić information content (AvgIpc) is 2.67. The SMILES string of the molecule is COc1ccccc1N1CCN(CCS(=O)(=O)c2ccccc2)CC1. The first-order valence-electron chi connectivity index (χ1n) is 8.48. The van der Waals surface area contributed by atoms with Gasteiger partial charge in [0.1, 0.15) is 5.75 Å². The van der Waals surface area contributed by atoms with Crippen LogP contribution in [0.5, 0.6) is 5.75 Å². The van der Waals surface area contributed by atoms with E-state index in [9.17, 15) is 8.42 Å². The summed E-state index contributed by atoms with van der Waals surface area (Å²) in [5, 5.41) is 0. The van der Waals surface area contributed by atoms with Crippen LogP contribution in [0, 0.1) is 0 Å². The third-order valence-electron chi connectivity index (χ3n) is 4.58. The highest BCUT2D eigenvalue weighted by molar-refractivity contribution is 7.91. The minimum Gasteiger partial charge on any atom is -0.495 e. The second-order valence-corrected chi connectivity index (χ2v) is 8.24. The summed E-state index contributed by atoms with van der Waals surface area (Å²) < 4.78 is 30.2. The van der Waals surface area contributed by atoms with E-state index in [2.05, 4.69) is 15.9 Å². The van der Waals surface area contributed by atoms with Crippen molar-refractivity contribution in [2.24, 2.45) is 0 Å². The number of rotatable bonds is 6. The molecule has 0 aromatic heterocycles. The van der Waals surface area contributed by atoms with Gasteiger partial charge in [-0.05, 0) is 24.3 Å². The molecule has 1 heterocycles. The fourth-order valence-corrected chi connectivity index (χ4v) is 4.40. The molecule has 1 aliphatic heterocycles. The maximum absolute atomic E-state index is 12.4. The Morgan fingerprint density at radius 2 is 1.56 bits per heavy atom. The highest BCUT2D eigenvalue weighted by atomic mass is 32.2. The van der Waals surface area contributed by atoms with Crippen molar-refractivity contribution < 1.29 is 13.2 Å². The lowest BCUT2D eigenvalue weighted by molar-refractivity contribution is 0.271. The van der Waals surface area contributed by atoms with Crippen molar-refractivity contribution in [2.45, 2.75) is 4.90 Å². The molecule has 0 spiro atoms. The van der Waals surface area contributed by atoms with Crippen LogP contribution in [0.2, 0.25) is 0 Å². The molecule has 1 aliphatic rings. The number of benzene rings is 2. The molecular formula is C19H24N2O3S. The Labute approximate surface area is 149 Å². The van der Waals surface area contributed by atoms with Crippen molar-refractivity contribution >= 4 is 15.5 Å². The van der Waals surface area contributed by atoms with Crippen LogP contribution in [-0.4, -0.2) is 58.9 Å². The van der Waals surface area contributed by atoms with Gasteiger partial charge in [0, 0.05) is 32.7 Å². The molecule has 2 aromatic rings. The van der Waals surface area contributed by atoms with Crippen LogP contribution in [-0.2, 0) is 9.84 Å². The van der Waals surface area contributed by atoms with Crippen molar-refractivity contribution in [2.75, 3.05) is 50.5 Å². The van der Waals surface area contributed by atoms with E-state index < -0.39 is 9.84 Å². The molecule has 0 aliphatic carbocycles. The van der Waals surface area contributed by atoms with E-state index in [1.165, 1.54) is 0 Å². The number of nitrogens with zero attached hydrogens (tertiary/aromatic N) is 2. The molecule has 2 aromatic carbocycles. The van der Waals surface area contributed by atoms with E-state index in [1.54, 1.807) is 31.4 Å². The second kappa shape index (κ2) is 7.89. The molecule has 5 nitrogen and oxygen atoms in total. The van der Waals surface area contributed by atoms with E-state index in [0.29, 0.717) is 11.4 Å². The Bertz CT molecular complexity index is 785. The van der Waals surface area contributed by atoms with Gasteiger partial charge in [0.15, 0.2) is 9.84 Å². The van der Waals surface area contributed by atoms with Gasteiger partial charge in [-0.1, -0.05) is 30.3 Å². The molecule has 0 amide bonds. The monoisotopic (exact) mass is 360 g/mol. The van der Waals surface area contributed by atoms with Crippen LogP contribution in [0.1, 0.15) is 0 Å². The smallest absolute Gasteiger partial charge is 0.179 e. The molecule has 3 rings (SSSR count). The van der Waals surface area contributed by atoms with Crippen molar-refractivity contribution in [3.63, 3.8) is 0 Å². The van der Waals surface area contributed by atoms with Gasteiger partial charge in [-0.2, -0.15) is 0 Å². The zero-order valence-corrected chi connectivity index (χ0v) is 15.3. The lowest BCUT2D eigenvalue weighted by atomic mass is 10.2. The van der Waals surface area contributed by atoms with Gasteiger partial charge in [-0.25, -0.2) is 8.42 Å².